The maximum atomic E-state index is 11.4. The average molecular weight is 334 g/mol. The van der Waals surface area contributed by atoms with Crippen LogP contribution in [0.5, 0.6) is 0 Å². The lowest BCUT2D eigenvalue weighted by atomic mass is 9.96. The van der Waals surface area contributed by atoms with E-state index in [2.05, 4.69) is 10.0 Å². The lowest BCUT2D eigenvalue weighted by molar-refractivity contribution is -0.152. The largest absolute Gasteiger partial charge is 0.475 e. The third-order valence-electron chi connectivity index (χ3n) is 2.84. The van der Waals surface area contributed by atoms with Crippen LogP contribution in [0, 0.1) is 0 Å². The van der Waals surface area contributed by atoms with Crippen molar-refractivity contribution in [1.82, 2.24) is 5.32 Å². The Balaban J connectivity index is 4.92. The lowest BCUT2D eigenvalue weighted by Crippen LogP contribution is -2.52. The normalized spacial score (nSPS) is 17.1. The van der Waals surface area contributed by atoms with Gasteiger partial charge < -0.3 is 30.8 Å². The number of amides is 1. The standard InChI is InChI=1S/C11H18N4O8/c1-4(16)14-8(10(21)11(22)23)5(17)2-6(18)9(20)7(19)3-13-15-12/h5-9,17-20H,2-3H2,1H3,(H,14,16)(H,22,23)/t5-,6+,7+,8+,9-/m0/s1. The zero-order valence-corrected chi connectivity index (χ0v) is 12.1. The lowest BCUT2D eigenvalue weighted by Gasteiger charge is -2.27. The average Bonchev–Trinajstić information content (AvgIpc) is 2.47. The number of rotatable bonds is 10. The van der Waals surface area contributed by atoms with Gasteiger partial charge in [0.2, 0.25) is 5.91 Å². The van der Waals surface area contributed by atoms with Gasteiger partial charge in [-0.15, -0.1) is 0 Å². The molecule has 0 spiro atoms. The number of aliphatic carboxylic acids is 1. The zero-order chi connectivity index (χ0) is 18.2. The molecule has 0 saturated carbocycles. The molecule has 0 aromatic heterocycles. The molecule has 1 amide bonds. The highest BCUT2D eigenvalue weighted by atomic mass is 16.4. The molecule has 5 atom stereocenters. The van der Waals surface area contributed by atoms with Crippen molar-refractivity contribution in [3.05, 3.63) is 10.4 Å². The molecule has 130 valence electrons. The van der Waals surface area contributed by atoms with Crippen molar-refractivity contribution in [3.63, 3.8) is 0 Å². The van der Waals surface area contributed by atoms with Crippen molar-refractivity contribution in [3.8, 4) is 0 Å². The monoisotopic (exact) mass is 334 g/mol. The maximum Gasteiger partial charge on any atom is 0.374 e. The van der Waals surface area contributed by atoms with Crippen molar-refractivity contribution < 1.29 is 39.9 Å². The number of hydrogen-bond donors (Lipinski definition) is 6. The van der Waals surface area contributed by atoms with Crippen LogP contribution < -0.4 is 5.32 Å². The number of nitrogens with zero attached hydrogens (tertiary/aromatic N) is 3. The van der Waals surface area contributed by atoms with Gasteiger partial charge >= 0.3 is 5.97 Å². The fourth-order valence-corrected chi connectivity index (χ4v) is 1.70. The molecule has 0 rings (SSSR count). The molecule has 0 aliphatic heterocycles. The van der Waals surface area contributed by atoms with Gasteiger partial charge in [0, 0.05) is 18.3 Å². The molecular formula is C11H18N4O8. The summed E-state index contributed by atoms with van der Waals surface area (Å²) >= 11 is 0. The zero-order valence-electron chi connectivity index (χ0n) is 12.1. The van der Waals surface area contributed by atoms with E-state index in [0.29, 0.717) is 0 Å². The summed E-state index contributed by atoms with van der Waals surface area (Å²) < 4.78 is 0. The Hall–Kier alpha value is -2.24. The van der Waals surface area contributed by atoms with E-state index in [1.54, 1.807) is 0 Å². The Labute approximate surface area is 130 Å². The van der Waals surface area contributed by atoms with Crippen LogP contribution in [0.1, 0.15) is 13.3 Å². The Kier molecular flexibility index (Phi) is 8.77. The topological polar surface area (TPSA) is 213 Å². The first-order valence-corrected chi connectivity index (χ1v) is 6.39. The molecule has 0 heterocycles. The maximum absolute atomic E-state index is 11.4. The van der Waals surface area contributed by atoms with Crippen LogP contribution in [0.25, 0.3) is 10.4 Å². The van der Waals surface area contributed by atoms with Crippen molar-refractivity contribution in [2.24, 2.45) is 5.11 Å². The van der Waals surface area contributed by atoms with Crippen molar-refractivity contribution in [1.29, 1.82) is 0 Å². The number of aliphatic hydroxyl groups excluding tert-OH is 4. The summed E-state index contributed by atoms with van der Waals surface area (Å²) in [4.78, 5) is 35.4. The molecule has 0 bridgehead atoms. The van der Waals surface area contributed by atoms with Gasteiger partial charge in [-0.1, -0.05) is 5.11 Å². The van der Waals surface area contributed by atoms with Crippen LogP contribution in [-0.2, 0) is 14.4 Å². The predicted octanol–water partition coefficient (Wildman–Crippen LogP) is -2.71. The van der Waals surface area contributed by atoms with Crippen molar-refractivity contribution in [2.75, 3.05) is 6.54 Å². The molecule has 0 saturated heterocycles. The van der Waals surface area contributed by atoms with Gasteiger partial charge in [-0.3, -0.25) is 9.59 Å². The molecule has 0 aliphatic rings. The van der Waals surface area contributed by atoms with Crippen LogP contribution in [0.15, 0.2) is 5.11 Å². The van der Waals surface area contributed by atoms with E-state index in [9.17, 15) is 34.8 Å². The van der Waals surface area contributed by atoms with Gasteiger partial charge in [-0.2, -0.15) is 0 Å². The van der Waals surface area contributed by atoms with Crippen molar-refractivity contribution >= 4 is 17.7 Å². The fourth-order valence-electron chi connectivity index (χ4n) is 1.70. The summed E-state index contributed by atoms with van der Waals surface area (Å²) in [6.07, 6.45) is -7.79. The molecule has 0 unspecified atom stereocenters. The number of carboxylic acids is 1. The summed E-state index contributed by atoms with van der Waals surface area (Å²) in [7, 11) is 0. The van der Waals surface area contributed by atoms with E-state index in [-0.39, 0.29) is 0 Å². The van der Waals surface area contributed by atoms with Gasteiger partial charge in [0.25, 0.3) is 5.78 Å². The van der Waals surface area contributed by atoms with E-state index in [4.69, 9.17) is 10.6 Å². The Bertz CT molecular complexity index is 492. The van der Waals surface area contributed by atoms with Gasteiger partial charge in [-0.25, -0.2) is 4.79 Å². The van der Waals surface area contributed by atoms with Crippen LogP contribution in [0.2, 0.25) is 0 Å². The smallest absolute Gasteiger partial charge is 0.374 e. The number of carboxylic acid groups (broad SMARTS) is 1. The minimum atomic E-state index is -1.90. The van der Waals surface area contributed by atoms with E-state index in [1.807, 2.05) is 5.32 Å². The second-order valence-electron chi connectivity index (χ2n) is 4.69. The van der Waals surface area contributed by atoms with Gasteiger partial charge in [0.15, 0.2) is 0 Å². The first kappa shape index (κ1) is 20.8. The Morgan fingerprint density at radius 3 is 2.13 bits per heavy atom. The fraction of sp³-hybridized carbons (Fsp3) is 0.727. The molecule has 6 N–H and O–H groups in total. The van der Waals surface area contributed by atoms with Crippen LogP contribution in [0.4, 0.5) is 0 Å². The third-order valence-corrected chi connectivity index (χ3v) is 2.84. The number of Topliss-reactive ketones (excluding diaryl/α,β-unsaturated/α-hetero) is 1. The number of carbonyl (C=O) groups excluding carboxylic acids is 2. The van der Waals surface area contributed by atoms with Gasteiger partial charge in [-0.05, 0) is 5.53 Å². The summed E-state index contributed by atoms with van der Waals surface area (Å²) in [6, 6.07) is -1.83. The summed E-state index contributed by atoms with van der Waals surface area (Å²) in [5, 5.41) is 52.1. The Morgan fingerprint density at radius 2 is 1.70 bits per heavy atom. The molecule has 0 fully saturated rings. The molecule has 0 aromatic carbocycles. The number of azide groups is 1. The summed E-state index contributed by atoms with van der Waals surface area (Å²) in [5.41, 5.74) is 8.08. The molecule has 12 heteroatoms. The first-order chi connectivity index (χ1) is 10.6. The number of ketones is 1. The molecule has 23 heavy (non-hydrogen) atoms. The van der Waals surface area contributed by atoms with Gasteiger partial charge in [0.05, 0.1) is 24.9 Å². The minimum Gasteiger partial charge on any atom is -0.475 e. The number of hydrogen-bond acceptors (Lipinski definition) is 8. The second-order valence-corrected chi connectivity index (χ2v) is 4.69. The summed E-state index contributed by atoms with van der Waals surface area (Å²) in [6.45, 7) is 0.442. The summed E-state index contributed by atoms with van der Waals surface area (Å²) in [5.74, 6) is -4.20. The van der Waals surface area contributed by atoms with Crippen molar-refractivity contribution in [2.45, 2.75) is 43.8 Å². The highest BCUT2D eigenvalue weighted by Crippen LogP contribution is 2.11. The third kappa shape index (κ3) is 7.04. The predicted molar refractivity (Wildman–Crippen MR) is 72.9 cm³/mol. The molecule has 0 aromatic rings. The van der Waals surface area contributed by atoms with Gasteiger partial charge in [0.1, 0.15) is 12.1 Å². The van der Waals surface area contributed by atoms with Crippen LogP contribution in [0.3, 0.4) is 0 Å². The highest BCUT2D eigenvalue weighted by Gasteiger charge is 2.35. The SMILES string of the molecule is CC(=O)N[C@@H](C(=O)C(=O)O)[C@@H](O)C[C@@H](O)[C@H](O)[C@H](O)CN=[N+]=[N-]. The number of carbonyl (C=O) groups is 3. The van der Waals surface area contributed by atoms with E-state index in [0.717, 1.165) is 6.92 Å². The molecule has 0 aliphatic carbocycles. The number of aliphatic hydroxyl groups is 4. The quantitative estimate of drug-likeness (QED) is 0.107. The van der Waals surface area contributed by atoms with E-state index in [1.165, 1.54) is 0 Å². The van der Waals surface area contributed by atoms with Crippen LogP contribution in [-0.4, -0.2) is 80.2 Å². The second kappa shape index (κ2) is 9.71. The molecule has 0 radical (unpaired) electrons. The minimum absolute atomic E-state index is 0.548. The Morgan fingerprint density at radius 1 is 1.13 bits per heavy atom. The molecular weight excluding hydrogens is 316 g/mol. The van der Waals surface area contributed by atoms with Crippen LogP contribution >= 0.6 is 0 Å². The van der Waals surface area contributed by atoms with E-state index < -0.39 is 61.1 Å². The van der Waals surface area contributed by atoms with E-state index >= 15 is 0 Å². The first-order valence-electron chi connectivity index (χ1n) is 6.39. The highest BCUT2D eigenvalue weighted by molar-refractivity contribution is 6.35. The molecule has 12 nitrogen and oxygen atoms in total. The number of nitrogens with one attached hydrogen (secondary N) is 1.